The van der Waals surface area contributed by atoms with Crippen molar-refractivity contribution >= 4 is 19.9 Å². The Balaban J connectivity index is 1.88. The molecule has 140 valence electrons. The van der Waals surface area contributed by atoms with Gasteiger partial charge in [0, 0.05) is 18.7 Å². The van der Waals surface area contributed by atoms with Gasteiger partial charge in [-0.2, -0.15) is 4.31 Å². The fourth-order valence-corrected chi connectivity index (χ4v) is 6.61. The lowest BCUT2D eigenvalue weighted by atomic mass is 10.3. The monoisotopic (exact) mass is 395 g/mol. The van der Waals surface area contributed by atoms with Crippen molar-refractivity contribution in [3.05, 3.63) is 54.6 Å². The van der Waals surface area contributed by atoms with Crippen molar-refractivity contribution < 1.29 is 21.6 Å². The van der Waals surface area contributed by atoms with Gasteiger partial charge in [-0.15, -0.1) is 0 Å². The Morgan fingerprint density at radius 1 is 1.00 bits per heavy atom. The second kappa shape index (κ2) is 7.38. The Kier molecular flexibility index (Phi) is 5.36. The fraction of sp³-hybridized carbons (Fsp3) is 0.333. The van der Waals surface area contributed by atoms with Crippen molar-refractivity contribution in [1.82, 2.24) is 4.31 Å². The molecule has 3 rings (SSSR count). The molecule has 1 fully saturated rings. The first-order valence-corrected chi connectivity index (χ1v) is 11.4. The van der Waals surface area contributed by atoms with E-state index < -0.39 is 25.9 Å². The predicted molar refractivity (Wildman–Crippen MR) is 98.4 cm³/mol. The molecule has 1 atom stereocenters. The second-order valence-corrected chi connectivity index (χ2v) is 10.1. The van der Waals surface area contributed by atoms with Gasteiger partial charge in [0.15, 0.2) is 9.84 Å². The van der Waals surface area contributed by atoms with Gasteiger partial charge in [-0.3, -0.25) is 0 Å². The average Bonchev–Trinajstić information content (AvgIpc) is 3.11. The van der Waals surface area contributed by atoms with E-state index in [-0.39, 0.29) is 15.5 Å². The summed E-state index contributed by atoms with van der Waals surface area (Å²) in [4.78, 5) is 0.325. The molecule has 0 radical (unpaired) electrons. The molecule has 1 heterocycles. The van der Waals surface area contributed by atoms with Crippen LogP contribution in [0.15, 0.2) is 64.4 Å². The van der Waals surface area contributed by atoms with Crippen LogP contribution in [0.1, 0.15) is 12.8 Å². The van der Waals surface area contributed by atoms with Gasteiger partial charge >= 0.3 is 0 Å². The molecule has 2 aromatic rings. The molecule has 1 aliphatic heterocycles. The van der Waals surface area contributed by atoms with E-state index in [0.29, 0.717) is 25.1 Å². The van der Waals surface area contributed by atoms with Gasteiger partial charge < -0.3 is 4.74 Å². The number of nitrogens with zero attached hydrogens (tertiary/aromatic N) is 1. The number of ether oxygens (including phenoxy) is 1. The highest BCUT2D eigenvalue weighted by atomic mass is 32.2. The summed E-state index contributed by atoms with van der Waals surface area (Å²) in [5, 5.41) is 0. The minimum absolute atomic E-state index is 0.112. The summed E-state index contributed by atoms with van der Waals surface area (Å²) in [6.45, 7) is 0.314. The first-order chi connectivity index (χ1) is 12.3. The maximum absolute atomic E-state index is 13.0. The molecule has 2 aromatic carbocycles. The minimum Gasteiger partial charge on any atom is -0.497 e. The highest BCUT2D eigenvalue weighted by Gasteiger charge is 2.38. The minimum atomic E-state index is -3.79. The van der Waals surface area contributed by atoms with Crippen LogP contribution in [0.5, 0.6) is 5.75 Å². The van der Waals surface area contributed by atoms with Crippen molar-refractivity contribution in [3.8, 4) is 5.75 Å². The van der Waals surface area contributed by atoms with Gasteiger partial charge in [0.05, 0.1) is 22.7 Å². The highest BCUT2D eigenvalue weighted by molar-refractivity contribution is 7.91. The molecule has 0 amide bonds. The second-order valence-electron chi connectivity index (χ2n) is 6.19. The number of benzene rings is 2. The number of hydrogen-bond acceptors (Lipinski definition) is 5. The number of rotatable bonds is 6. The third-order valence-corrected chi connectivity index (χ3v) is 8.25. The number of hydrogen-bond donors (Lipinski definition) is 0. The van der Waals surface area contributed by atoms with Crippen LogP contribution in [0.25, 0.3) is 0 Å². The molecule has 8 heteroatoms. The van der Waals surface area contributed by atoms with Crippen molar-refractivity contribution in [2.24, 2.45) is 0 Å². The lowest BCUT2D eigenvalue weighted by molar-refractivity contribution is 0.403. The topological polar surface area (TPSA) is 80.8 Å². The zero-order valence-corrected chi connectivity index (χ0v) is 16.0. The molecule has 0 saturated carbocycles. The van der Waals surface area contributed by atoms with Crippen LogP contribution in [0.2, 0.25) is 0 Å². The maximum atomic E-state index is 13.0. The van der Waals surface area contributed by atoms with Crippen LogP contribution in [0.3, 0.4) is 0 Å². The van der Waals surface area contributed by atoms with Gasteiger partial charge in [0.25, 0.3) is 0 Å². The Hall–Kier alpha value is -1.90. The van der Waals surface area contributed by atoms with Crippen LogP contribution in [0, 0.1) is 0 Å². The summed E-state index contributed by atoms with van der Waals surface area (Å²) in [5.41, 5.74) is 0. The normalized spacial score (nSPS) is 18.7. The quantitative estimate of drug-likeness (QED) is 0.750. The Labute approximate surface area is 154 Å². The summed E-state index contributed by atoms with van der Waals surface area (Å²) in [6.07, 6.45) is 1.16. The van der Waals surface area contributed by atoms with Gasteiger partial charge in [0.2, 0.25) is 10.0 Å². The molecule has 26 heavy (non-hydrogen) atoms. The third kappa shape index (κ3) is 3.77. The molecule has 0 spiro atoms. The number of methoxy groups -OCH3 is 1. The van der Waals surface area contributed by atoms with Crippen LogP contribution >= 0.6 is 0 Å². The first kappa shape index (κ1) is 18.9. The predicted octanol–water partition coefficient (Wildman–Crippen LogP) is 2.32. The fourth-order valence-electron chi connectivity index (χ4n) is 3.17. The van der Waals surface area contributed by atoms with E-state index in [4.69, 9.17) is 4.74 Å². The molecule has 1 saturated heterocycles. The van der Waals surface area contributed by atoms with E-state index >= 15 is 0 Å². The SMILES string of the molecule is COc1cccc(S(=O)(=O)N2CCCC2CS(=O)(=O)c2ccccc2)c1. The van der Waals surface area contributed by atoms with Crippen molar-refractivity contribution in [1.29, 1.82) is 0 Å². The van der Waals surface area contributed by atoms with E-state index in [1.54, 1.807) is 30.3 Å². The molecule has 0 N–H and O–H groups in total. The molecule has 0 aliphatic carbocycles. The number of sulfone groups is 1. The Bertz CT molecular complexity index is 972. The maximum Gasteiger partial charge on any atom is 0.243 e. The van der Waals surface area contributed by atoms with Crippen LogP contribution in [-0.4, -0.2) is 46.6 Å². The smallest absolute Gasteiger partial charge is 0.243 e. The van der Waals surface area contributed by atoms with Gasteiger partial charge in [0.1, 0.15) is 5.75 Å². The Morgan fingerprint density at radius 3 is 2.38 bits per heavy atom. The number of sulfonamides is 1. The summed E-state index contributed by atoms with van der Waals surface area (Å²) in [5.74, 6) is 0.221. The van der Waals surface area contributed by atoms with Crippen LogP contribution in [-0.2, 0) is 19.9 Å². The van der Waals surface area contributed by atoms with E-state index in [1.165, 1.54) is 35.7 Å². The Morgan fingerprint density at radius 2 is 1.69 bits per heavy atom. The summed E-state index contributed by atoms with van der Waals surface area (Å²) in [6, 6.07) is 13.8. The molecule has 6 nitrogen and oxygen atoms in total. The van der Waals surface area contributed by atoms with Crippen LogP contribution in [0.4, 0.5) is 0 Å². The van der Waals surface area contributed by atoms with E-state index in [2.05, 4.69) is 0 Å². The standard InChI is InChI=1S/C18H21NO5S2/c1-24-16-8-5-11-18(13-16)26(22,23)19-12-6-7-15(19)14-25(20,21)17-9-3-2-4-10-17/h2-5,8-11,13,15H,6-7,12,14H2,1H3. The van der Waals surface area contributed by atoms with E-state index in [1.807, 2.05) is 0 Å². The van der Waals surface area contributed by atoms with Gasteiger partial charge in [-0.1, -0.05) is 24.3 Å². The van der Waals surface area contributed by atoms with Crippen molar-refractivity contribution in [2.75, 3.05) is 19.4 Å². The summed E-state index contributed by atoms with van der Waals surface area (Å²) >= 11 is 0. The van der Waals surface area contributed by atoms with E-state index in [9.17, 15) is 16.8 Å². The highest BCUT2D eigenvalue weighted by Crippen LogP contribution is 2.29. The van der Waals surface area contributed by atoms with Crippen molar-refractivity contribution in [3.63, 3.8) is 0 Å². The molecule has 0 aromatic heterocycles. The molecule has 0 bridgehead atoms. The first-order valence-electron chi connectivity index (χ1n) is 8.28. The molecular formula is C18H21NO5S2. The third-order valence-electron chi connectivity index (χ3n) is 4.49. The summed E-state index contributed by atoms with van der Waals surface area (Å²) in [7, 11) is -5.88. The zero-order valence-electron chi connectivity index (χ0n) is 14.4. The van der Waals surface area contributed by atoms with Gasteiger partial charge in [-0.25, -0.2) is 16.8 Å². The molecule has 1 unspecified atom stereocenters. The van der Waals surface area contributed by atoms with Gasteiger partial charge in [-0.05, 0) is 37.1 Å². The lowest BCUT2D eigenvalue weighted by Gasteiger charge is -2.24. The zero-order chi connectivity index (χ0) is 18.8. The molecular weight excluding hydrogens is 374 g/mol. The van der Waals surface area contributed by atoms with E-state index in [0.717, 1.165) is 0 Å². The lowest BCUT2D eigenvalue weighted by Crippen LogP contribution is -2.39. The van der Waals surface area contributed by atoms with Crippen LogP contribution < -0.4 is 4.74 Å². The largest absolute Gasteiger partial charge is 0.497 e. The molecule has 1 aliphatic rings. The summed E-state index contributed by atoms with van der Waals surface area (Å²) < 4.78 is 57.7. The average molecular weight is 396 g/mol. The van der Waals surface area contributed by atoms with Crippen molar-refractivity contribution in [2.45, 2.75) is 28.7 Å².